The van der Waals surface area contributed by atoms with Crippen LogP contribution >= 0.6 is 7.82 Å². The van der Waals surface area contributed by atoms with Crippen molar-refractivity contribution in [2.24, 2.45) is 0 Å². The summed E-state index contributed by atoms with van der Waals surface area (Å²) in [5.74, 6) is -0.371. The monoisotopic (exact) mass is 790 g/mol. The Kier molecular flexibility index (Phi) is 36.9. The summed E-state index contributed by atoms with van der Waals surface area (Å²) in [6.07, 6.45) is 50.3. The third kappa shape index (κ3) is 42.7. The molecule has 0 aromatic heterocycles. The number of ether oxygens (including phenoxy) is 2. The molecule has 0 saturated carbocycles. The van der Waals surface area contributed by atoms with Crippen LogP contribution in [0.4, 0.5) is 0 Å². The lowest BCUT2D eigenvalue weighted by Crippen LogP contribution is -2.37. The standard InChI is InChI=1S/C46H80NO7P/c1-6-8-10-12-14-16-17-18-19-20-21-22-23-24-25-26-27-28-29-30-31-32-33-35-37-39-46(48)54-45(43-51-41-38-36-34-15-13-11-9-7-2)44-53-55(49,50)52-42-40-47(3,4)5/h8,10,14,16,18-19,21-22,24-25,27-28,30-31,45H,6-7,9,11-13,15,17,20,23,26,29,32-44H2,1-5H3/b10-8-,16-14-,19-18-,22-21-,25-24-,28-27-,31-30-. The van der Waals surface area contributed by atoms with Crippen molar-refractivity contribution in [3.63, 3.8) is 0 Å². The number of phosphoric acid groups is 1. The zero-order chi connectivity index (χ0) is 40.6. The van der Waals surface area contributed by atoms with Gasteiger partial charge < -0.3 is 27.9 Å². The Morgan fingerprint density at radius 2 is 1.05 bits per heavy atom. The zero-order valence-electron chi connectivity index (χ0n) is 35.6. The van der Waals surface area contributed by atoms with Gasteiger partial charge in [0.05, 0.1) is 34.4 Å². The van der Waals surface area contributed by atoms with E-state index >= 15 is 0 Å². The predicted octanol–water partition coefficient (Wildman–Crippen LogP) is 11.9. The van der Waals surface area contributed by atoms with Crippen LogP contribution in [0.25, 0.3) is 0 Å². The van der Waals surface area contributed by atoms with Gasteiger partial charge in [-0.15, -0.1) is 0 Å². The summed E-state index contributed by atoms with van der Waals surface area (Å²) in [6.45, 7) is 5.19. The molecule has 0 aliphatic heterocycles. The number of carbonyl (C=O) groups is 1. The summed E-state index contributed by atoms with van der Waals surface area (Å²) in [6, 6.07) is 0. The molecule has 0 aliphatic carbocycles. The van der Waals surface area contributed by atoms with Crippen molar-refractivity contribution >= 4 is 13.8 Å². The van der Waals surface area contributed by atoms with Crippen molar-refractivity contribution in [3.05, 3.63) is 85.1 Å². The topological polar surface area (TPSA) is 94.1 Å². The number of unbranched alkanes of at least 4 members (excludes halogenated alkanes) is 10. The van der Waals surface area contributed by atoms with E-state index in [1.165, 1.54) is 38.5 Å². The summed E-state index contributed by atoms with van der Waals surface area (Å²) in [5.41, 5.74) is 0. The molecule has 55 heavy (non-hydrogen) atoms. The van der Waals surface area contributed by atoms with Crippen LogP contribution in [0.5, 0.6) is 0 Å². The summed E-state index contributed by atoms with van der Waals surface area (Å²) in [5, 5.41) is 0. The second-order valence-electron chi connectivity index (χ2n) is 15.0. The number of quaternary nitrogens is 1. The molecule has 0 spiro atoms. The van der Waals surface area contributed by atoms with Gasteiger partial charge in [0.15, 0.2) is 0 Å². The lowest BCUT2D eigenvalue weighted by molar-refractivity contribution is -0.870. The van der Waals surface area contributed by atoms with Gasteiger partial charge in [0.2, 0.25) is 0 Å². The summed E-state index contributed by atoms with van der Waals surface area (Å²) in [4.78, 5) is 24.9. The Hall–Kier alpha value is -2.32. The molecule has 0 saturated heterocycles. The second-order valence-corrected chi connectivity index (χ2v) is 16.4. The lowest BCUT2D eigenvalue weighted by atomic mass is 10.1. The van der Waals surface area contributed by atoms with E-state index in [-0.39, 0.29) is 32.2 Å². The minimum Gasteiger partial charge on any atom is -0.756 e. The van der Waals surface area contributed by atoms with Crippen molar-refractivity contribution in [1.29, 1.82) is 0 Å². The maximum Gasteiger partial charge on any atom is 0.306 e. The van der Waals surface area contributed by atoms with E-state index in [4.69, 9.17) is 18.5 Å². The fourth-order valence-corrected chi connectivity index (χ4v) is 5.90. The van der Waals surface area contributed by atoms with Crippen molar-refractivity contribution in [3.8, 4) is 0 Å². The summed E-state index contributed by atoms with van der Waals surface area (Å²) >= 11 is 0. The largest absolute Gasteiger partial charge is 0.756 e. The summed E-state index contributed by atoms with van der Waals surface area (Å²) in [7, 11) is 1.32. The molecule has 2 unspecified atom stereocenters. The van der Waals surface area contributed by atoms with Crippen LogP contribution in [0, 0.1) is 0 Å². The maximum absolute atomic E-state index is 12.6. The van der Waals surface area contributed by atoms with Gasteiger partial charge in [0.25, 0.3) is 7.82 Å². The van der Waals surface area contributed by atoms with Gasteiger partial charge in [-0.05, 0) is 70.6 Å². The first-order valence-corrected chi connectivity index (χ1v) is 22.8. The van der Waals surface area contributed by atoms with Crippen molar-refractivity contribution < 1.29 is 37.3 Å². The molecule has 316 valence electrons. The first-order chi connectivity index (χ1) is 26.6. The molecule has 0 N–H and O–H groups in total. The lowest BCUT2D eigenvalue weighted by Gasteiger charge is -2.28. The van der Waals surface area contributed by atoms with E-state index in [1.807, 2.05) is 21.1 Å². The molecule has 0 rings (SSSR count). The fraction of sp³-hybridized carbons (Fsp3) is 0.674. The number of nitrogens with zero attached hydrogens (tertiary/aromatic N) is 1. The second kappa shape index (κ2) is 38.5. The molecule has 0 aromatic rings. The van der Waals surface area contributed by atoms with Crippen molar-refractivity contribution in [2.75, 3.05) is 54.1 Å². The highest BCUT2D eigenvalue weighted by atomic mass is 31.2. The highest BCUT2D eigenvalue weighted by Crippen LogP contribution is 2.38. The fourth-order valence-electron chi connectivity index (χ4n) is 5.17. The molecule has 0 aliphatic rings. The number of hydrogen-bond acceptors (Lipinski definition) is 7. The molecule has 0 fully saturated rings. The smallest absolute Gasteiger partial charge is 0.306 e. The summed E-state index contributed by atoms with van der Waals surface area (Å²) < 4.78 is 34.4. The quantitative estimate of drug-likeness (QED) is 0.0202. The molecule has 0 aromatic carbocycles. The van der Waals surface area contributed by atoms with Gasteiger partial charge in [-0.25, -0.2) is 0 Å². The van der Waals surface area contributed by atoms with E-state index < -0.39 is 13.9 Å². The number of allylic oxidation sites excluding steroid dienone is 14. The SMILES string of the molecule is CC/C=C\C/C=C\C/C=C\C/C=C\C/C=C\C/C=C\C/C=C\CCCCCC(=O)OC(COCCCCCCCCCC)COP(=O)([O-])OCC[N+](C)(C)C. The van der Waals surface area contributed by atoms with E-state index in [1.54, 1.807) is 0 Å². The van der Waals surface area contributed by atoms with Crippen LogP contribution in [0.2, 0.25) is 0 Å². The van der Waals surface area contributed by atoms with Gasteiger partial charge >= 0.3 is 5.97 Å². The molecule has 0 heterocycles. The number of rotatable bonds is 38. The van der Waals surface area contributed by atoms with Gasteiger partial charge in [-0.1, -0.05) is 150 Å². The molecular formula is C46H80NO7P. The van der Waals surface area contributed by atoms with Crippen LogP contribution in [0.15, 0.2) is 85.1 Å². The Labute approximate surface area is 337 Å². The van der Waals surface area contributed by atoms with Gasteiger partial charge in [0.1, 0.15) is 19.3 Å². The molecule has 8 nitrogen and oxygen atoms in total. The van der Waals surface area contributed by atoms with Crippen molar-refractivity contribution in [1.82, 2.24) is 0 Å². The molecule has 0 radical (unpaired) electrons. The Balaban J connectivity index is 4.24. The predicted molar refractivity (Wildman–Crippen MR) is 231 cm³/mol. The van der Waals surface area contributed by atoms with Crippen LogP contribution in [0.1, 0.15) is 142 Å². The number of likely N-dealkylation sites (N-methyl/N-ethyl adjacent to an activating group) is 1. The van der Waals surface area contributed by atoms with Crippen LogP contribution in [-0.4, -0.2) is 70.7 Å². The van der Waals surface area contributed by atoms with Gasteiger partial charge in [0, 0.05) is 13.0 Å². The first kappa shape index (κ1) is 52.7. The van der Waals surface area contributed by atoms with E-state index in [9.17, 15) is 14.3 Å². The third-order valence-electron chi connectivity index (χ3n) is 8.46. The third-order valence-corrected chi connectivity index (χ3v) is 9.43. The minimum atomic E-state index is -4.53. The minimum absolute atomic E-state index is 0.0153. The maximum atomic E-state index is 12.6. The number of esters is 1. The number of carbonyl (C=O) groups excluding carboxylic acids is 1. The van der Waals surface area contributed by atoms with E-state index in [0.29, 0.717) is 24.1 Å². The average molecular weight is 790 g/mol. The highest BCUT2D eigenvalue weighted by molar-refractivity contribution is 7.45. The number of hydrogen-bond donors (Lipinski definition) is 0. The Bertz CT molecular complexity index is 1150. The molecule has 0 bridgehead atoms. The molecule has 9 heteroatoms. The van der Waals surface area contributed by atoms with E-state index in [2.05, 4.69) is 98.9 Å². The zero-order valence-corrected chi connectivity index (χ0v) is 36.5. The van der Waals surface area contributed by atoms with Crippen LogP contribution < -0.4 is 4.89 Å². The van der Waals surface area contributed by atoms with Crippen LogP contribution in [-0.2, 0) is 27.9 Å². The molecular weight excluding hydrogens is 709 g/mol. The van der Waals surface area contributed by atoms with Crippen molar-refractivity contribution in [2.45, 2.75) is 148 Å². The molecule has 0 amide bonds. The highest BCUT2D eigenvalue weighted by Gasteiger charge is 2.20. The van der Waals surface area contributed by atoms with Crippen LogP contribution in [0.3, 0.4) is 0 Å². The van der Waals surface area contributed by atoms with E-state index in [0.717, 1.165) is 77.0 Å². The van der Waals surface area contributed by atoms with Gasteiger partial charge in [-0.3, -0.25) is 9.36 Å². The first-order valence-electron chi connectivity index (χ1n) is 21.3. The molecule has 2 atom stereocenters. The van der Waals surface area contributed by atoms with Gasteiger partial charge in [-0.2, -0.15) is 0 Å². The Morgan fingerprint density at radius 1 is 0.582 bits per heavy atom. The normalized spacial score (nSPS) is 14.7. The number of phosphoric ester groups is 1. The Morgan fingerprint density at radius 3 is 1.56 bits per heavy atom. The average Bonchev–Trinajstić information content (AvgIpc) is 3.13.